The molecule has 6 nitrogen and oxygen atoms in total. The van der Waals surface area contributed by atoms with Crippen molar-refractivity contribution in [3.8, 4) is 0 Å². The number of non-ortho nitro benzene ring substituents is 1. The largest absolute Gasteiger partial charge is 0.271 e. The lowest BCUT2D eigenvalue weighted by Gasteiger charge is -2.13. The van der Waals surface area contributed by atoms with E-state index in [2.05, 4.69) is 10.5 Å². The van der Waals surface area contributed by atoms with E-state index in [1.54, 1.807) is 0 Å². The van der Waals surface area contributed by atoms with Gasteiger partial charge in [0.1, 0.15) is 0 Å². The molecule has 1 N–H and O–H groups in total. The minimum absolute atomic E-state index is 0.0251. The number of nitrogens with zero attached hydrogens (tertiary/aromatic N) is 2. The number of nitrogens with one attached hydrogen (secondary N) is 1. The van der Waals surface area contributed by atoms with E-state index >= 15 is 0 Å². The summed E-state index contributed by atoms with van der Waals surface area (Å²) in [6.45, 7) is 1.52. The summed E-state index contributed by atoms with van der Waals surface area (Å²) in [5, 5.41) is 14.3. The summed E-state index contributed by atoms with van der Waals surface area (Å²) in [5.41, 5.74) is 3.19. The second-order valence-corrected chi connectivity index (χ2v) is 4.46. The molecule has 1 heterocycles. The molecule has 1 amide bonds. The summed E-state index contributed by atoms with van der Waals surface area (Å²) in [7, 11) is 0. The van der Waals surface area contributed by atoms with Gasteiger partial charge in [0.15, 0.2) is 4.87 Å². The molecule has 17 heavy (non-hydrogen) atoms. The number of amides is 1. The van der Waals surface area contributed by atoms with Crippen LogP contribution in [-0.2, 0) is 4.79 Å². The minimum atomic E-state index is -1.24. The average molecular weight is 254 g/mol. The maximum absolute atomic E-state index is 11.4. The number of alkyl halides is 1. The van der Waals surface area contributed by atoms with Crippen LogP contribution in [0, 0.1) is 10.1 Å². The molecule has 2 rings (SSSR count). The third-order valence-electron chi connectivity index (χ3n) is 2.49. The van der Waals surface area contributed by atoms with E-state index in [9.17, 15) is 14.9 Å². The zero-order chi connectivity index (χ0) is 12.6. The molecule has 0 saturated carbocycles. The Balaban J connectivity index is 2.36. The molecular formula is C10H8ClN3O3. The van der Waals surface area contributed by atoms with E-state index in [1.165, 1.54) is 31.2 Å². The molecule has 7 heteroatoms. The Morgan fingerprint density at radius 3 is 2.41 bits per heavy atom. The molecule has 0 spiro atoms. The van der Waals surface area contributed by atoms with Crippen LogP contribution in [0.15, 0.2) is 29.4 Å². The van der Waals surface area contributed by atoms with E-state index in [1.807, 2.05) is 0 Å². The van der Waals surface area contributed by atoms with Crippen molar-refractivity contribution in [2.75, 3.05) is 0 Å². The fourth-order valence-corrected chi connectivity index (χ4v) is 1.69. The van der Waals surface area contributed by atoms with Crippen LogP contribution in [0.1, 0.15) is 12.5 Å². The highest BCUT2D eigenvalue weighted by Gasteiger charge is 2.42. The Hall–Kier alpha value is -1.95. The van der Waals surface area contributed by atoms with Crippen molar-refractivity contribution in [1.82, 2.24) is 5.43 Å². The molecule has 0 aromatic heterocycles. The van der Waals surface area contributed by atoms with Gasteiger partial charge in [0.25, 0.3) is 11.6 Å². The number of halogens is 1. The van der Waals surface area contributed by atoms with Gasteiger partial charge in [0.2, 0.25) is 0 Å². The Morgan fingerprint density at radius 2 is 2.00 bits per heavy atom. The summed E-state index contributed by atoms with van der Waals surface area (Å²) in [4.78, 5) is 20.1. The monoisotopic (exact) mass is 253 g/mol. The van der Waals surface area contributed by atoms with Crippen molar-refractivity contribution in [3.05, 3.63) is 39.9 Å². The highest BCUT2D eigenvalue weighted by molar-refractivity contribution is 6.50. The van der Waals surface area contributed by atoms with E-state index in [0.717, 1.165) is 0 Å². The van der Waals surface area contributed by atoms with Crippen molar-refractivity contribution >= 4 is 28.9 Å². The second kappa shape index (κ2) is 3.81. The SMILES string of the molecule is C[C@]1(Cl)C(=O)NN=C1c1ccc([N+](=O)[O-])cc1. The molecule has 0 unspecified atom stereocenters. The van der Waals surface area contributed by atoms with Gasteiger partial charge in [-0.3, -0.25) is 14.9 Å². The van der Waals surface area contributed by atoms with Crippen LogP contribution in [0.2, 0.25) is 0 Å². The predicted molar refractivity (Wildman–Crippen MR) is 62.0 cm³/mol. The van der Waals surface area contributed by atoms with Crippen LogP contribution in [0.3, 0.4) is 0 Å². The molecule has 0 aliphatic carbocycles. The number of benzene rings is 1. The zero-order valence-electron chi connectivity index (χ0n) is 8.81. The van der Waals surface area contributed by atoms with E-state index in [0.29, 0.717) is 11.3 Å². The number of hydrogen-bond acceptors (Lipinski definition) is 4. The third-order valence-corrected chi connectivity index (χ3v) is 2.84. The highest BCUT2D eigenvalue weighted by Crippen LogP contribution is 2.26. The van der Waals surface area contributed by atoms with Gasteiger partial charge in [-0.1, -0.05) is 0 Å². The number of carbonyl (C=O) groups is 1. The van der Waals surface area contributed by atoms with Crippen LogP contribution in [0.4, 0.5) is 5.69 Å². The summed E-state index contributed by atoms with van der Waals surface area (Å²) < 4.78 is 0. The first-order chi connectivity index (χ1) is 7.93. The lowest BCUT2D eigenvalue weighted by Crippen LogP contribution is -2.37. The maximum atomic E-state index is 11.4. The molecular weight excluding hydrogens is 246 g/mol. The van der Waals surface area contributed by atoms with Crippen LogP contribution in [0.25, 0.3) is 0 Å². The van der Waals surface area contributed by atoms with Crippen molar-refractivity contribution in [2.45, 2.75) is 11.8 Å². The van der Waals surface area contributed by atoms with Gasteiger partial charge < -0.3 is 0 Å². The molecule has 88 valence electrons. The van der Waals surface area contributed by atoms with Crippen molar-refractivity contribution < 1.29 is 9.72 Å². The molecule has 0 radical (unpaired) electrons. The maximum Gasteiger partial charge on any atom is 0.269 e. The number of hydrazone groups is 1. The lowest BCUT2D eigenvalue weighted by atomic mass is 9.98. The van der Waals surface area contributed by atoms with Gasteiger partial charge in [0.05, 0.1) is 10.6 Å². The fourth-order valence-electron chi connectivity index (χ4n) is 1.50. The zero-order valence-corrected chi connectivity index (χ0v) is 9.56. The van der Waals surface area contributed by atoms with Crippen molar-refractivity contribution in [3.63, 3.8) is 0 Å². The quantitative estimate of drug-likeness (QED) is 0.491. The number of nitro benzene ring substituents is 1. The molecule has 1 aromatic carbocycles. The normalized spacial score (nSPS) is 23.2. The number of hydrogen-bond donors (Lipinski definition) is 1. The first-order valence-corrected chi connectivity index (χ1v) is 5.13. The van der Waals surface area contributed by atoms with E-state index < -0.39 is 15.7 Å². The Bertz CT molecular complexity index is 522. The summed E-state index contributed by atoms with van der Waals surface area (Å²) in [5.74, 6) is -0.410. The molecule has 0 fully saturated rings. The number of carbonyl (C=O) groups excluding carboxylic acids is 1. The van der Waals surface area contributed by atoms with Crippen LogP contribution < -0.4 is 5.43 Å². The van der Waals surface area contributed by atoms with Gasteiger partial charge in [-0.2, -0.15) is 5.10 Å². The Labute approximate surface area is 101 Å². The summed E-state index contributed by atoms with van der Waals surface area (Å²) >= 11 is 6.04. The third kappa shape index (κ3) is 1.87. The van der Waals surface area contributed by atoms with Crippen LogP contribution in [-0.4, -0.2) is 21.4 Å². The van der Waals surface area contributed by atoms with Gasteiger partial charge in [0, 0.05) is 17.7 Å². The van der Waals surface area contributed by atoms with Gasteiger partial charge >= 0.3 is 0 Å². The lowest BCUT2D eigenvalue weighted by molar-refractivity contribution is -0.384. The molecule has 1 atom stereocenters. The highest BCUT2D eigenvalue weighted by atomic mass is 35.5. The summed E-state index contributed by atoms with van der Waals surface area (Å²) in [6, 6.07) is 5.71. The van der Waals surface area contributed by atoms with Gasteiger partial charge in [-0.15, -0.1) is 11.6 Å². The molecule has 0 bridgehead atoms. The standard InChI is InChI=1S/C10H8ClN3O3/c1-10(11)8(12-13-9(10)15)6-2-4-7(5-3-6)14(16)17/h2-5H,1H3,(H,13,15)/t10-/m1/s1. The first-order valence-electron chi connectivity index (χ1n) is 4.75. The van der Waals surface area contributed by atoms with Gasteiger partial charge in [-0.05, 0) is 19.1 Å². The Kier molecular flexibility index (Phi) is 2.59. The van der Waals surface area contributed by atoms with E-state index in [4.69, 9.17) is 11.6 Å². The topological polar surface area (TPSA) is 84.6 Å². The molecule has 1 aromatic rings. The van der Waals surface area contributed by atoms with E-state index in [-0.39, 0.29) is 5.69 Å². The smallest absolute Gasteiger partial charge is 0.269 e. The first kappa shape index (κ1) is 11.5. The molecule has 1 aliphatic heterocycles. The van der Waals surface area contributed by atoms with Gasteiger partial charge in [-0.25, -0.2) is 5.43 Å². The van der Waals surface area contributed by atoms with Crippen molar-refractivity contribution in [2.24, 2.45) is 5.10 Å². The average Bonchev–Trinajstić information content (AvgIpc) is 2.54. The van der Waals surface area contributed by atoms with Crippen LogP contribution in [0.5, 0.6) is 0 Å². The second-order valence-electron chi connectivity index (χ2n) is 3.71. The minimum Gasteiger partial charge on any atom is -0.271 e. The summed E-state index contributed by atoms with van der Waals surface area (Å²) in [6.07, 6.45) is 0. The molecule has 1 aliphatic rings. The Morgan fingerprint density at radius 1 is 1.41 bits per heavy atom. The molecule has 0 saturated heterocycles. The number of nitro groups is 1. The number of rotatable bonds is 2. The fraction of sp³-hybridized carbons (Fsp3) is 0.200. The van der Waals surface area contributed by atoms with Crippen molar-refractivity contribution in [1.29, 1.82) is 0 Å². The predicted octanol–water partition coefficient (Wildman–Crippen LogP) is 1.43. The van der Waals surface area contributed by atoms with Crippen LogP contribution >= 0.6 is 11.6 Å².